The standard InChI is InChI=1S/C22H30N4O/c1-16-8-19(9-17(2)25-16)10-18-6-4-5-7-26(14-18)15-20-11-21(13-24-12-20)22(27)23-3/h8-9,11-13,18H,4-7,10,14-15H2,1-3H3,(H,23,27)/t18-/m1/s1. The molecule has 0 unspecified atom stereocenters. The fourth-order valence-electron chi connectivity index (χ4n) is 4.10. The first-order valence-corrected chi connectivity index (χ1v) is 9.86. The Morgan fingerprint density at radius 2 is 1.93 bits per heavy atom. The number of nitrogens with zero attached hydrogens (tertiary/aromatic N) is 3. The third-order valence-electron chi connectivity index (χ3n) is 5.21. The van der Waals surface area contributed by atoms with Gasteiger partial charge in [-0.05, 0) is 74.9 Å². The van der Waals surface area contributed by atoms with E-state index in [9.17, 15) is 4.79 Å². The van der Waals surface area contributed by atoms with Crippen LogP contribution in [-0.2, 0) is 13.0 Å². The van der Waals surface area contributed by atoms with Gasteiger partial charge in [0, 0.05) is 43.9 Å². The molecule has 0 radical (unpaired) electrons. The predicted molar refractivity (Wildman–Crippen MR) is 108 cm³/mol. The molecule has 1 atom stereocenters. The summed E-state index contributed by atoms with van der Waals surface area (Å²) >= 11 is 0. The van der Waals surface area contributed by atoms with Crippen LogP contribution in [0.1, 0.15) is 52.1 Å². The van der Waals surface area contributed by atoms with E-state index in [1.54, 1.807) is 13.2 Å². The Labute approximate surface area is 162 Å². The number of aromatic nitrogens is 2. The van der Waals surface area contributed by atoms with Gasteiger partial charge in [0.15, 0.2) is 0 Å². The SMILES string of the molecule is CNC(=O)c1cncc(CN2CCCC[C@H](Cc3cc(C)nc(C)c3)C2)c1. The van der Waals surface area contributed by atoms with Crippen molar-refractivity contribution in [1.82, 2.24) is 20.2 Å². The monoisotopic (exact) mass is 366 g/mol. The van der Waals surface area contributed by atoms with Crippen LogP contribution in [0, 0.1) is 19.8 Å². The second-order valence-corrected chi connectivity index (χ2v) is 7.72. The van der Waals surface area contributed by atoms with Gasteiger partial charge in [0.1, 0.15) is 0 Å². The van der Waals surface area contributed by atoms with E-state index in [1.807, 2.05) is 12.3 Å². The van der Waals surface area contributed by atoms with Crippen molar-refractivity contribution in [2.24, 2.45) is 5.92 Å². The maximum Gasteiger partial charge on any atom is 0.252 e. The Morgan fingerprint density at radius 1 is 1.15 bits per heavy atom. The van der Waals surface area contributed by atoms with Crippen molar-refractivity contribution >= 4 is 5.91 Å². The van der Waals surface area contributed by atoms with Crippen LogP contribution in [0.5, 0.6) is 0 Å². The molecule has 27 heavy (non-hydrogen) atoms. The Morgan fingerprint density at radius 3 is 2.67 bits per heavy atom. The number of hydrogen-bond acceptors (Lipinski definition) is 4. The zero-order valence-corrected chi connectivity index (χ0v) is 16.7. The molecular weight excluding hydrogens is 336 g/mol. The Balaban J connectivity index is 1.67. The molecule has 0 bridgehead atoms. The van der Waals surface area contributed by atoms with Gasteiger partial charge in [-0.25, -0.2) is 0 Å². The van der Waals surface area contributed by atoms with E-state index in [0.29, 0.717) is 11.5 Å². The van der Waals surface area contributed by atoms with Gasteiger partial charge < -0.3 is 5.32 Å². The smallest absolute Gasteiger partial charge is 0.252 e. The highest BCUT2D eigenvalue weighted by Crippen LogP contribution is 2.22. The predicted octanol–water partition coefficient (Wildman–Crippen LogP) is 3.30. The fraction of sp³-hybridized carbons (Fsp3) is 0.500. The van der Waals surface area contributed by atoms with E-state index in [0.717, 1.165) is 43.0 Å². The minimum atomic E-state index is -0.0819. The minimum absolute atomic E-state index is 0.0819. The van der Waals surface area contributed by atoms with Crippen LogP contribution in [0.3, 0.4) is 0 Å². The van der Waals surface area contributed by atoms with E-state index in [2.05, 4.69) is 46.2 Å². The lowest BCUT2D eigenvalue weighted by molar-refractivity contribution is 0.0962. The highest BCUT2D eigenvalue weighted by molar-refractivity contribution is 5.93. The molecule has 0 aliphatic carbocycles. The molecule has 1 fully saturated rings. The number of likely N-dealkylation sites (tertiary alicyclic amines) is 1. The van der Waals surface area contributed by atoms with Crippen LogP contribution in [0.4, 0.5) is 0 Å². The van der Waals surface area contributed by atoms with Crippen LogP contribution in [0.2, 0.25) is 0 Å². The molecule has 144 valence electrons. The van der Waals surface area contributed by atoms with Crippen molar-refractivity contribution < 1.29 is 4.79 Å². The zero-order valence-electron chi connectivity index (χ0n) is 16.7. The normalized spacial score (nSPS) is 18.1. The van der Waals surface area contributed by atoms with Crippen LogP contribution in [0.15, 0.2) is 30.6 Å². The van der Waals surface area contributed by atoms with Crippen LogP contribution < -0.4 is 5.32 Å². The molecule has 3 heterocycles. The van der Waals surface area contributed by atoms with Gasteiger partial charge in [-0.2, -0.15) is 0 Å². The number of hydrogen-bond donors (Lipinski definition) is 1. The summed E-state index contributed by atoms with van der Waals surface area (Å²) in [6.45, 7) is 7.19. The highest BCUT2D eigenvalue weighted by Gasteiger charge is 2.19. The summed E-state index contributed by atoms with van der Waals surface area (Å²) in [4.78, 5) is 23.1. The lowest BCUT2D eigenvalue weighted by Gasteiger charge is -2.24. The Bertz CT molecular complexity index is 769. The van der Waals surface area contributed by atoms with Gasteiger partial charge in [0.25, 0.3) is 5.91 Å². The summed E-state index contributed by atoms with van der Waals surface area (Å²) in [5, 5.41) is 2.67. The topological polar surface area (TPSA) is 58.1 Å². The van der Waals surface area contributed by atoms with Crippen molar-refractivity contribution in [2.45, 2.75) is 46.1 Å². The van der Waals surface area contributed by atoms with Crippen molar-refractivity contribution in [3.05, 3.63) is 58.7 Å². The first-order valence-electron chi connectivity index (χ1n) is 9.86. The molecule has 1 N–H and O–H groups in total. The van der Waals surface area contributed by atoms with Gasteiger partial charge >= 0.3 is 0 Å². The lowest BCUT2D eigenvalue weighted by atomic mass is 9.94. The van der Waals surface area contributed by atoms with Crippen LogP contribution in [0.25, 0.3) is 0 Å². The number of aryl methyl sites for hydroxylation is 2. The molecule has 1 amide bonds. The molecular formula is C22H30N4O. The molecule has 1 aliphatic heterocycles. The van der Waals surface area contributed by atoms with Gasteiger partial charge in [-0.1, -0.05) is 6.42 Å². The summed E-state index contributed by atoms with van der Waals surface area (Å²) < 4.78 is 0. The van der Waals surface area contributed by atoms with Gasteiger partial charge in [0.2, 0.25) is 0 Å². The first-order chi connectivity index (χ1) is 13.0. The molecule has 0 spiro atoms. The summed E-state index contributed by atoms with van der Waals surface area (Å²) in [6, 6.07) is 6.40. The van der Waals surface area contributed by atoms with Crippen molar-refractivity contribution in [2.75, 3.05) is 20.1 Å². The molecule has 2 aromatic rings. The van der Waals surface area contributed by atoms with E-state index in [1.165, 1.54) is 24.8 Å². The van der Waals surface area contributed by atoms with E-state index in [4.69, 9.17) is 0 Å². The van der Waals surface area contributed by atoms with Crippen LogP contribution in [-0.4, -0.2) is 40.9 Å². The lowest BCUT2D eigenvalue weighted by Crippen LogP contribution is -2.29. The minimum Gasteiger partial charge on any atom is -0.355 e. The quantitative estimate of drug-likeness (QED) is 0.882. The Kier molecular flexibility index (Phi) is 6.56. The molecule has 5 heteroatoms. The van der Waals surface area contributed by atoms with Crippen molar-refractivity contribution in [1.29, 1.82) is 0 Å². The maximum atomic E-state index is 11.9. The second kappa shape index (κ2) is 9.09. The summed E-state index contributed by atoms with van der Waals surface area (Å²) in [6.07, 6.45) is 8.39. The molecule has 0 saturated carbocycles. The fourth-order valence-corrected chi connectivity index (χ4v) is 4.10. The van der Waals surface area contributed by atoms with Crippen molar-refractivity contribution in [3.63, 3.8) is 0 Å². The number of pyridine rings is 2. The summed E-state index contributed by atoms with van der Waals surface area (Å²) in [5.74, 6) is 0.574. The molecule has 1 aliphatic rings. The molecule has 1 saturated heterocycles. The third-order valence-corrected chi connectivity index (χ3v) is 5.21. The molecule has 3 rings (SSSR count). The zero-order chi connectivity index (χ0) is 19.2. The van der Waals surface area contributed by atoms with E-state index < -0.39 is 0 Å². The van der Waals surface area contributed by atoms with E-state index >= 15 is 0 Å². The average molecular weight is 367 g/mol. The number of carbonyl (C=O) groups is 1. The maximum absolute atomic E-state index is 11.9. The number of nitrogens with one attached hydrogen (secondary N) is 1. The summed E-state index contributed by atoms with van der Waals surface area (Å²) in [5.41, 5.74) is 5.34. The number of carbonyl (C=O) groups excluding carboxylic acids is 1. The summed E-state index contributed by atoms with van der Waals surface area (Å²) in [7, 11) is 1.65. The second-order valence-electron chi connectivity index (χ2n) is 7.72. The molecule has 0 aromatic carbocycles. The first kappa shape index (κ1) is 19.5. The van der Waals surface area contributed by atoms with Crippen LogP contribution >= 0.6 is 0 Å². The Hall–Kier alpha value is -2.27. The third kappa shape index (κ3) is 5.60. The highest BCUT2D eigenvalue weighted by atomic mass is 16.1. The van der Waals surface area contributed by atoms with Gasteiger partial charge in [0.05, 0.1) is 5.56 Å². The van der Waals surface area contributed by atoms with Gasteiger partial charge in [-0.15, -0.1) is 0 Å². The number of amides is 1. The molecule has 5 nitrogen and oxygen atoms in total. The molecule has 2 aromatic heterocycles. The van der Waals surface area contributed by atoms with Crippen molar-refractivity contribution in [3.8, 4) is 0 Å². The number of rotatable bonds is 5. The largest absolute Gasteiger partial charge is 0.355 e. The average Bonchev–Trinajstić information content (AvgIpc) is 2.85. The van der Waals surface area contributed by atoms with E-state index in [-0.39, 0.29) is 5.91 Å². The van der Waals surface area contributed by atoms with Gasteiger partial charge in [-0.3, -0.25) is 19.7 Å².